The summed E-state index contributed by atoms with van der Waals surface area (Å²) in [5.41, 5.74) is 5.55. The first-order valence-electron chi connectivity index (χ1n) is 9.65. The van der Waals surface area contributed by atoms with Gasteiger partial charge in [0.15, 0.2) is 5.78 Å². The number of carbonyl (C=O) groups is 2. The van der Waals surface area contributed by atoms with Crippen LogP contribution in [-0.4, -0.2) is 16.9 Å². The zero-order chi connectivity index (χ0) is 19.9. The zero-order valence-corrected chi connectivity index (χ0v) is 16.0. The topological polar surface area (TPSA) is 54.4 Å². The van der Waals surface area contributed by atoms with Gasteiger partial charge in [-0.15, -0.1) is 0 Å². The molecule has 0 heterocycles. The zero-order valence-electron chi connectivity index (χ0n) is 16.0. The summed E-state index contributed by atoms with van der Waals surface area (Å²) in [6.45, 7) is 4.37. The van der Waals surface area contributed by atoms with Crippen LogP contribution in [0.1, 0.15) is 64.1 Å². The standard InChI is InChI=1S/C25H22O3/c1-3-25(4-2)21-12-8-7-9-17(21)18-14-13-16(15-22(18)25)23(26)19-10-5-6-11-20(19)24(27)28/h5-15H,3-4H2,1-2H3,(H,27,28). The maximum atomic E-state index is 13.2. The molecule has 0 amide bonds. The second-order valence-electron chi connectivity index (χ2n) is 7.28. The summed E-state index contributed by atoms with van der Waals surface area (Å²) in [6, 6.07) is 20.6. The van der Waals surface area contributed by atoms with Crippen molar-refractivity contribution < 1.29 is 14.7 Å². The lowest BCUT2D eigenvalue weighted by Crippen LogP contribution is -2.23. The predicted octanol–water partition coefficient (Wildman–Crippen LogP) is 5.70. The largest absolute Gasteiger partial charge is 0.478 e. The molecule has 0 unspecified atom stereocenters. The third-order valence-corrected chi connectivity index (χ3v) is 6.14. The smallest absolute Gasteiger partial charge is 0.336 e. The van der Waals surface area contributed by atoms with Crippen LogP contribution in [-0.2, 0) is 5.41 Å². The minimum absolute atomic E-state index is 0.0357. The summed E-state index contributed by atoms with van der Waals surface area (Å²) in [5.74, 6) is -1.34. The Balaban J connectivity index is 1.88. The molecule has 1 aliphatic rings. The monoisotopic (exact) mass is 370 g/mol. The van der Waals surface area contributed by atoms with Crippen LogP contribution in [0.4, 0.5) is 0 Å². The normalized spacial score (nSPS) is 13.6. The minimum atomic E-state index is -1.09. The molecule has 0 saturated carbocycles. The Morgan fingerprint density at radius 1 is 0.786 bits per heavy atom. The molecule has 1 N–H and O–H groups in total. The third-order valence-electron chi connectivity index (χ3n) is 6.14. The second kappa shape index (κ2) is 6.75. The molecular formula is C25H22O3. The summed E-state index contributed by atoms with van der Waals surface area (Å²) < 4.78 is 0. The fourth-order valence-electron chi connectivity index (χ4n) is 4.63. The van der Waals surface area contributed by atoms with Gasteiger partial charge in [-0.1, -0.05) is 68.4 Å². The lowest BCUT2D eigenvalue weighted by Gasteiger charge is -2.29. The molecule has 28 heavy (non-hydrogen) atoms. The van der Waals surface area contributed by atoms with Gasteiger partial charge in [0.25, 0.3) is 0 Å². The molecule has 3 aromatic carbocycles. The quantitative estimate of drug-likeness (QED) is 0.586. The number of benzene rings is 3. The fraction of sp³-hybridized carbons (Fsp3) is 0.200. The highest BCUT2D eigenvalue weighted by Crippen LogP contribution is 2.52. The summed E-state index contributed by atoms with van der Waals surface area (Å²) >= 11 is 0. The van der Waals surface area contributed by atoms with Gasteiger partial charge < -0.3 is 5.11 Å². The van der Waals surface area contributed by atoms with Crippen molar-refractivity contribution in [1.29, 1.82) is 0 Å². The molecule has 0 atom stereocenters. The molecule has 0 saturated heterocycles. The Morgan fingerprint density at radius 3 is 2.07 bits per heavy atom. The highest BCUT2D eigenvalue weighted by molar-refractivity contribution is 6.14. The molecule has 3 nitrogen and oxygen atoms in total. The first kappa shape index (κ1) is 18.2. The Kier molecular flexibility index (Phi) is 4.38. The van der Waals surface area contributed by atoms with E-state index in [0.29, 0.717) is 5.56 Å². The molecule has 4 rings (SSSR count). The van der Waals surface area contributed by atoms with Crippen LogP contribution >= 0.6 is 0 Å². The van der Waals surface area contributed by atoms with Crippen LogP contribution in [0.3, 0.4) is 0 Å². The molecular weight excluding hydrogens is 348 g/mol. The minimum Gasteiger partial charge on any atom is -0.478 e. The molecule has 0 spiro atoms. The molecule has 0 fully saturated rings. The van der Waals surface area contributed by atoms with Crippen LogP contribution in [0.15, 0.2) is 66.7 Å². The van der Waals surface area contributed by atoms with Gasteiger partial charge in [0, 0.05) is 16.5 Å². The first-order chi connectivity index (χ1) is 13.5. The van der Waals surface area contributed by atoms with Gasteiger partial charge in [-0.25, -0.2) is 4.79 Å². The highest BCUT2D eigenvalue weighted by atomic mass is 16.4. The van der Waals surface area contributed by atoms with Crippen molar-refractivity contribution in [2.45, 2.75) is 32.1 Å². The number of aromatic carboxylic acids is 1. The van der Waals surface area contributed by atoms with Crippen molar-refractivity contribution in [3.63, 3.8) is 0 Å². The number of hydrogen-bond donors (Lipinski definition) is 1. The lowest BCUT2D eigenvalue weighted by atomic mass is 9.73. The maximum absolute atomic E-state index is 13.2. The first-order valence-corrected chi connectivity index (χ1v) is 9.65. The summed E-state index contributed by atoms with van der Waals surface area (Å²) in [6.07, 6.45) is 1.88. The maximum Gasteiger partial charge on any atom is 0.336 e. The molecule has 3 heteroatoms. The summed E-state index contributed by atoms with van der Waals surface area (Å²) in [5, 5.41) is 9.44. The van der Waals surface area contributed by atoms with Crippen LogP contribution < -0.4 is 0 Å². The van der Waals surface area contributed by atoms with E-state index in [2.05, 4.69) is 32.0 Å². The van der Waals surface area contributed by atoms with E-state index in [1.165, 1.54) is 22.8 Å². The van der Waals surface area contributed by atoms with Gasteiger partial charge >= 0.3 is 5.97 Å². The summed E-state index contributed by atoms with van der Waals surface area (Å²) in [4.78, 5) is 24.7. The van der Waals surface area contributed by atoms with Crippen molar-refractivity contribution in [2.24, 2.45) is 0 Å². The lowest BCUT2D eigenvalue weighted by molar-refractivity contribution is 0.0693. The number of carboxylic acid groups (broad SMARTS) is 1. The van der Waals surface area contributed by atoms with Crippen molar-refractivity contribution in [2.75, 3.05) is 0 Å². The Labute approximate surface area is 164 Å². The van der Waals surface area contributed by atoms with E-state index in [0.717, 1.165) is 18.4 Å². The van der Waals surface area contributed by atoms with Crippen molar-refractivity contribution in [3.05, 3.63) is 94.5 Å². The van der Waals surface area contributed by atoms with Crippen molar-refractivity contribution >= 4 is 11.8 Å². The van der Waals surface area contributed by atoms with Gasteiger partial charge in [0.2, 0.25) is 0 Å². The second-order valence-corrected chi connectivity index (χ2v) is 7.28. The van der Waals surface area contributed by atoms with E-state index in [4.69, 9.17) is 0 Å². The van der Waals surface area contributed by atoms with Crippen LogP contribution in [0.5, 0.6) is 0 Å². The molecule has 0 radical (unpaired) electrons. The molecule has 0 aliphatic heterocycles. The Hall–Kier alpha value is -3.20. The van der Waals surface area contributed by atoms with Crippen molar-refractivity contribution in [1.82, 2.24) is 0 Å². The SMILES string of the molecule is CCC1(CC)c2ccccc2-c2ccc(C(=O)c3ccccc3C(=O)O)cc21. The molecule has 0 aromatic heterocycles. The molecule has 140 valence electrons. The average Bonchev–Trinajstić information content (AvgIpc) is 3.02. The predicted molar refractivity (Wildman–Crippen MR) is 110 cm³/mol. The number of fused-ring (bicyclic) bond motifs is 3. The Bertz CT molecular complexity index is 1090. The number of rotatable bonds is 5. The van der Waals surface area contributed by atoms with Crippen molar-refractivity contribution in [3.8, 4) is 11.1 Å². The van der Waals surface area contributed by atoms with Gasteiger partial charge in [0.1, 0.15) is 0 Å². The number of ketones is 1. The van der Waals surface area contributed by atoms with Crippen LogP contribution in [0, 0.1) is 0 Å². The van der Waals surface area contributed by atoms with E-state index in [1.54, 1.807) is 18.2 Å². The summed E-state index contributed by atoms with van der Waals surface area (Å²) in [7, 11) is 0. The van der Waals surface area contributed by atoms with Gasteiger partial charge in [-0.3, -0.25) is 4.79 Å². The van der Waals surface area contributed by atoms with E-state index in [-0.39, 0.29) is 22.3 Å². The Morgan fingerprint density at radius 2 is 1.39 bits per heavy atom. The van der Waals surface area contributed by atoms with E-state index < -0.39 is 5.97 Å². The highest BCUT2D eigenvalue weighted by Gasteiger charge is 2.40. The van der Waals surface area contributed by atoms with Gasteiger partial charge in [-0.2, -0.15) is 0 Å². The van der Waals surface area contributed by atoms with Gasteiger partial charge in [0.05, 0.1) is 5.56 Å². The third kappa shape index (κ3) is 2.50. The molecule has 1 aliphatic carbocycles. The van der Waals surface area contributed by atoms with E-state index >= 15 is 0 Å². The number of hydrogen-bond acceptors (Lipinski definition) is 2. The molecule has 0 bridgehead atoms. The fourth-order valence-corrected chi connectivity index (χ4v) is 4.63. The number of carboxylic acids is 1. The van der Waals surface area contributed by atoms with E-state index in [9.17, 15) is 14.7 Å². The average molecular weight is 370 g/mol. The van der Waals surface area contributed by atoms with E-state index in [1.807, 2.05) is 24.3 Å². The number of carbonyl (C=O) groups excluding carboxylic acids is 1. The van der Waals surface area contributed by atoms with Gasteiger partial charge in [-0.05, 0) is 47.2 Å². The van der Waals surface area contributed by atoms with Crippen LogP contribution in [0.2, 0.25) is 0 Å². The molecule has 3 aromatic rings. The van der Waals surface area contributed by atoms with Crippen LogP contribution in [0.25, 0.3) is 11.1 Å².